The van der Waals surface area contributed by atoms with Crippen LogP contribution in [0.4, 0.5) is 5.82 Å². The van der Waals surface area contributed by atoms with Crippen LogP contribution in [0.5, 0.6) is 0 Å². The minimum absolute atomic E-state index is 0. The summed E-state index contributed by atoms with van der Waals surface area (Å²) >= 11 is 0. The predicted molar refractivity (Wildman–Crippen MR) is 118 cm³/mol. The van der Waals surface area contributed by atoms with Gasteiger partial charge in [0.2, 0.25) is 0 Å². The van der Waals surface area contributed by atoms with Crippen LogP contribution in [0.1, 0.15) is 22.0 Å². The molecule has 1 fully saturated rings. The maximum absolute atomic E-state index is 11.3. The molecule has 6 nitrogen and oxygen atoms in total. The SMILES string of the molecule is O=C(O)c1cccc(-c2nccnc2C2CN(c3ccc4ccccc4n3)C2)c1.[LiH]. The monoisotopic (exact) mass is 390 g/mol. The van der Waals surface area contributed by atoms with E-state index in [1.54, 1.807) is 30.6 Å². The summed E-state index contributed by atoms with van der Waals surface area (Å²) in [6.45, 7) is 1.60. The molecule has 0 radical (unpaired) electrons. The molecule has 3 heterocycles. The Morgan fingerprint density at radius 3 is 2.60 bits per heavy atom. The van der Waals surface area contributed by atoms with Gasteiger partial charge in [-0.1, -0.05) is 30.3 Å². The molecule has 0 unspecified atom stereocenters. The molecule has 0 spiro atoms. The fourth-order valence-electron chi connectivity index (χ4n) is 3.74. The van der Waals surface area contributed by atoms with E-state index in [9.17, 15) is 9.90 Å². The first-order chi connectivity index (χ1) is 14.2. The minimum atomic E-state index is -0.950. The fourth-order valence-corrected chi connectivity index (χ4v) is 3.74. The molecule has 0 amide bonds. The van der Waals surface area contributed by atoms with Crippen LogP contribution in [-0.4, -0.2) is 58.0 Å². The molecule has 1 N–H and O–H groups in total. The Balaban J connectivity index is 0.00000218. The van der Waals surface area contributed by atoms with Gasteiger partial charge in [-0.05, 0) is 30.3 Å². The number of hydrogen-bond acceptors (Lipinski definition) is 5. The van der Waals surface area contributed by atoms with Crippen LogP contribution >= 0.6 is 0 Å². The third-order valence-corrected chi connectivity index (χ3v) is 5.29. The van der Waals surface area contributed by atoms with Crippen molar-refractivity contribution in [3.63, 3.8) is 0 Å². The second-order valence-corrected chi connectivity index (χ2v) is 7.14. The molecule has 2 aromatic heterocycles. The van der Waals surface area contributed by atoms with Gasteiger partial charge in [-0.25, -0.2) is 9.78 Å². The van der Waals surface area contributed by atoms with Gasteiger partial charge in [-0.2, -0.15) is 0 Å². The predicted octanol–water partition coefficient (Wildman–Crippen LogP) is 3.35. The molecule has 7 heteroatoms. The molecule has 0 aliphatic carbocycles. The third-order valence-electron chi connectivity index (χ3n) is 5.29. The molecule has 1 aliphatic rings. The third kappa shape index (κ3) is 3.68. The van der Waals surface area contributed by atoms with Crippen LogP contribution in [0.25, 0.3) is 22.2 Å². The van der Waals surface area contributed by atoms with Crippen molar-refractivity contribution in [2.45, 2.75) is 5.92 Å². The van der Waals surface area contributed by atoms with E-state index in [2.05, 4.69) is 27.0 Å². The van der Waals surface area contributed by atoms with Crippen LogP contribution in [-0.2, 0) is 0 Å². The Kier molecular flexibility index (Phi) is 5.54. The van der Waals surface area contributed by atoms with Gasteiger partial charge in [0.1, 0.15) is 5.82 Å². The molecular weight excluding hydrogens is 371 g/mol. The summed E-state index contributed by atoms with van der Waals surface area (Å²) in [5, 5.41) is 10.4. The van der Waals surface area contributed by atoms with Gasteiger partial charge < -0.3 is 10.0 Å². The molecule has 4 aromatic rings. The normalized spacial score (nSPS) is 13.5. The van der Waals surface area contributed by atoms with Crippen LogP contribution in [0, 0.1) is 0 Å². The van der Waals surface area contributed by atoms with Crippen molar-refractivity contribution >= 4 is 41.6 Å². The number of nitrogens with zero attached hydrogens (tertiary/aromatic N) is 4. The molecule has 0 saturated carbocycles. The number of carbonyl (C=O) groups is 1. The van der Waals surface area contributed by atoms with Crippen LogP contribution in [0.2, 0.25) is 0 Å². The van der Waals surface area contributed by atoms with Crippen LogP contribution in [0.15, 0.2) is 73.1 Å². The molecule has 30 heavy (non-hydrogen) atoms. The molecule has 0 bridgehead atoms. The number of para-hydroxylation sites is 1. The zero-order valence-corrected chi connectivity index (χ0v) is 15.6. The number of hydrogen-bond donors (Lipinski definition) is 1. The number of carboxylic acids is 1. The maximum atomic E-state index is 11.3. The van der Waals surface area contributed by atoms with Gasteiger partial charge >= 0.3 is 24.8 Å². The molecule has 1 saturated heterocycles. The fraction of sp³-hybridized carbons (Fsp3) is 0.130. The first kappa shape index (κ1) is 20.1. The molecule has 1 aliphatic heterocycles. The summed E-state index contributed by atoms with van der Waals surface area (Å²) in [5.74, 6) is 0.230. The van der Waals surface area contributed by atoms with Gasteiger partial charge in [-0.15, -0.1) is 0 Å². The zero-order chi connectivity index (χ0) is 19.8. The summed E-state index contributed by atoms with van der Waals surface area (Å²) in [6, 6.07) is 19.1. The number of rotatable bonds is 4. The summed E-state index contributed by atoms with van der Waals surface area (Å²) in [7, 11) is 0. The summed E-state index contributed by atoms with van der Waals surface area (Å²) in [4.78, 5) is 27.4. The van der Waals surface area contributed by atoms with Crippen molar-refractivity contribution in [2.75, 3.05) is 18.0 Å². The average molecular weight is 390 g/mol. The van der Waals surface area contributed by atoms with Crippen LogP contribution < -0.4 is 4.90 Å². The first-order valence-electron chi connectivity index (χ1n) is 9.44. The van der Waals surface area contributed by atoms with E-state index >= 15 is 0 Å². The van der Waals surface area contributed by atoms with E-state index in [1.807, 2.05) is 30.3 Å². The van der Waals surface area contributed by atoms with Gasteiger partial charge in [0.25, 0.3) is 0 Å². The molecule has 0 atom stereocenters. The summed E-state index contributed by atoms with van der Waals surface area (Å²) in [6.07, 6.45) is 3.34. The Bertz CT molecular complexity index is 1220. The van der Waals surface area contributed by atoms with Gasteiger partial charge in [0.05, 0.1) is 22.5 Å². The summed E-state index contributed by atoms with van der Waals surface area (Å²) in [5.41, 5.74) is 3.64. The van der Waals surface area contributed by atoms with Gasteiger partial charge in [0.15, 0.2) is 0 Å². The second kappa shape index (κ2) is 8.27. The molecule has 5 rings (SSSR count). The topological polar surface area (TPSA) is 79.2 Å². The number of anilines is 1. The number of aromatic nitrogens is 3. The number of carboxylic acid groups (broad SMARTS) is 1. The van der Waals surface area contributed by atoms with Crippen molar-refractivity contribution < 1.29 is 9.90 Å². The second-order valence-electron chi connectivity index (χ2n) is 7.14. The van der Waals surface area contributed by atoms with Crippen molar-refractivity contribution in [2.24, 2.45) is 0 Å². The zero-order valence-electron chi connectivity index (χ0n) is 15.6. The van der Waals surface area contributed by atoms with E-state index in [1.165, 1.54) is 0 Å². The Morgan fingerprint density at radius 1 is 0.967 bits per heavy atom. The standard InChI is InChI=1S/C23H18N4O2.Li.H/c28-23(29)17-6-3-5-16(12-17)21-22(25-11-10-24-21)18-13-27(14-18)20-9-8-15-4-1-2-7-19(15)26-20;;/h1-12,18H,13-14H2,(H,28,29);;. The average Bonchev–Trinajstić information content (AvgIpc) is 2.73. The van der Waals surface area contributed by atoms with Gasteiger partial charge in [-0.3, -0.25) is 9.97 Å². The molecular formula is C23H19LiN4O2. The molecule has 144 valence electrons. The number of fused-ring (bicyclic) bond motifs is 1. The van der Waals surface area contributed by atoms with Crippen molar-refractivity contribution in [3.05, 3.63) is 84.3 Å². The van der Waals surface area contributed by atoms with E-state index < -0.39 is 5.97 Å². The summed E-state index contributed by atoms with van der Waals surface area (Å²) < 4.78 is 0. The van der Waals surface area contributed by atoms with E-state index in [0.29, 0.717) is 0 Å². The first-order valence-corrected chi connectivity index (χ1v) is 9.44. The number of pyridine rings is 1. The molecule has 2 aromatic carbocycles. The Labute approximate surface area is 185 Å². The quantitative estimate of drug-likeness (QED) is 0.539. The Hall–Kier alpha value is -3.20. The van der Waals surface area contributed by atoms with E-state index in [4.69, 9.17) is 4.98 Å². The van der Waals surface area contributed by atoms with Crippen LogP contribution in [0.3, 0.4) is 0 Å². The van der Waals surface area contributed by atoms with Gasteiger partial charge in [0, 0.05) is 42.4 Å². The Morgan fingerprint density at radius 2 is 1.77 bits per heavy atom. The van der Waals surface area contributed by atoms with Crippen molar-refractivity contribution in [3.8, 4) is 11.3 Å². The van der Waals surface area contributed by atoms with Crippen molar-refractivity contribution in [1.29, 1.82) is 0 Å². The van der Waals surface area contributed by atoms with Crippen molar-refractivity contribution in [1.82, 2.24) is 15.0 Å². The number of aromatic carboxylic acids is 1. The van der Waals surface area contributed by atoms with E-state index in [-0.39, 0.29) is 30.3 Å². The van der Waals surface area contributed by atoms with E-state index in [0.717, 1.165) is 46.8 Å². The number of benzene rings is 2.